The Bertz CT molecular complexity index is 1150. The van der Waals surface area contributed by atoms with Gasteiger partial charge in [0.15, 0.2) is 5.65 Å². The van der Waals surface area contributed by atoms with Crippen LogP contribution in [0.25, 0.3) is 22.3 Å². The van der Waals surface area contributed by atoms with E-state index in [9.17, 15) is 9.90 Å². The second kappa shape index (κ2) is 7.73. The van der Waals surface area contributed by atoms with Crippen LogP contribution in [0, 0.1) is 6.92 Å². The van der Waals surface area contributed by atoms with E-state index in [1.54, 1.807) is 30.3 Å². The van der Waals surface area contributed by atoms with Gasteiger partial charge in [-0.1, -0.05) is 30.3 Å². The highest BCUT2D eigenvalue weighted by atomic mass is 16.3. The van der Waals surface area contributed by atoms with Gasteiger partial charge in [-0.2, -0.15) is 5.10 Å². The van der Waals surface area contributed by atoms with E-state index in [2.05, 4.69) is 20.5 Å². The van der Waals surface area contributed by atoms with Crippen molar-refractivity contribution >= 4 is 16.9 Å². The van der Waals surface area contributed by atoms with Gasteiger partial charge in [0, 0.05) is 17.8 Å². The average molecular weight is 387 g/mol. The molecule has 0 radical (unpaired) electrons. The first-order valence-corrected chi connectivity index (χ1v) is 9.28. The number of hydrogen-bond donors (Lipinski definition) is 4. The fourth-order valence-electron chi connectivity index (χ4n) is 3.33. The first-order valence-electron chi connectivity index (χ1n) is 9.28. The number of carbonyl (C=O) groups is 1. The van der Waals surface area contributed by atoms with Crippen LogP contribution in [0.5, 0.6) is 5.75 Å². The number of aromatic hydroxyl groups is 1. The average Bonchev–Trinajstić information content (AvgIpc) is 3.13. The molecule has 2 aromatic carbocycles. The maximum Gasteiger partial charge on any atom is 0.252 e. The van der Waals surface area contributed by atoms with Gasteiger partial charge in [0.25, 0.3) is 5.91 Å². The van der Waals surface area contributed by atoms with E-state index in [4.69, 9.17) is 5.73 Å². The first-order chi connectivity index (χ1) is 14.1. The molecule has 0 spiro atoms. The maximum atomic E-state index is 13.2. The van der Waals surface area contributed by atoms with Gasteiger partial charge in [0.2, 0.25) is 0 Å². The third-order valence-electron chi connectivity index (χ3n) is 4.86. The highest BCUT2D eigenvalue weighted by molar-refractivity contribution is 6.07. The Morgan fingerprint density at radius 3 is 2.59 bits per heavy atom. The molecule has 7 heteroatoms. The van der Waals surface area contributed by atoms with Crippen molar-refractivity contribution in [3.8, 4) is 17.0 Å². The first kappa shape index (κ1) is 18.6. The van der Waals surface area contributed by atoms with E-state index in [1.165, 1.54) is 0 Å². The number of phenols is 1. The van der Waals surface area contributed by atoms with E-state index in [1.807, 2.05) is 37.3 Å². The molecular weight excluding hydrogens is 366 g/mol. The highest BCUT2D eigenvalue weighted by Crippen LogP contribution is 2.27. The third kappa shape index (κ3) is 3.68. The van der Waals surface area contributed by atoms with Crippen molar-refractivity contribution < 1.29 is 9.90 Å². The Labute approximate surface area is 167 Å². The number of phenolic OH excluding ortho intramolecular Hbond substituents is 1. The van der Waals surface area contributed by atoms with Gasteiger partial charge < -0.3 is 16.2 Å². The van der Waals surface area contributed by atoms with E-state index >= 15 is 0 Å². The summed E-state index contributed by atoms with van der Waals surface area (Å²) >= 11 is 0. The summed E-state index contributed by atoms with van der Waals surface area (Å²) in [6, 6.07) is 17.7. The van der Waals surface area contributed by atoms with Crippen LogP contribution in [0.3, 0.4) is 0 Å². The highest BCUT2D eigenvalue weighted by Gasteiger charge is 2.20. The molecule has 1 atom stereocenters. The predicted octanol–water partition coefficient (Wildman–Crippen LogP) is 3.07. The van der Waals surface area contributed by atoms with Crippen molar-refractivity contribution in [1.82, 2.24) is 20.5 Å². The lowest BCUT2D eigenvalue weighted by Gasteiger charge is -2.18. The van der Waals surface area contributed by atoms with Crippen molar-refractivity contribution in [1.29, 1.82) is 0 Å². The monoisotopic (exact) mass is 387 g/mol. The van der Waals surface area contributed by atoms with Gasteiger partial charge in [-0.05, 0) is 42.8 Å². The van der Waals surface area contributed by atoms with Crippen LogP contribution in [-0.4, -0.2) is 32.7 Å². The Morgan fingerprint density at radius 1 is 1.17 bits per heavy atom. The number of fused-ring (bicyclic) bond motifs is 1. The number of amides is 1. The minimum absolute atomic E-state index is 0.164. The van der Waals surface area contributed by atoms with Crippen LogP contribution in [0.2, 0.25) is 0 Å². The molecule has 4 aromatic rings. The number of aryl methyl sites for hydroxylation is 1. The van der Waals surface area contributed by atoms with Crippen LogP contribution < -0.4 is 11.1 Å². The summed E-state index contributed by atoms with van der Waals surface area (Å²) in [5.74, 6) is -0.0849. The Kier molecular flexibility index (Phi) is 4.97. The smallest absolute Gasteiger partial charge is 0.252 e. The van der Waals surface area contributed by atoms with Crippen LogP contribution >= 0.6 is 0 Å². The number of carbonyl (C=O) groups excluding carboxylic acids is 1. The molecule has 0 aliphatic carbocycles. The number of nitrogens with zero attached hydrogens (tertiary/aromatic N) is 2. The lowest BCUT2D eigenvalue weighted by Crippen LogP contribution is -2.33. The lowest BCUT2D eigenvalue weighted by atomic mass is 10.0. The van der Waals surface area contributed by atoms with E-state index in [-0.39, 0.29) is 24.2 Å². The van der Waals surface area contributed by atoms with Crippen LogP contribution in [0.15, 0.2) is 60.7 Å². The fourth-order valence-corrected chi connectivity index (χ4v) is 3.33. The molecule has 2 aromatic heterocycles. The molecule has 5 N–H and O–H groups in total. The molecule has 0 saturated heterocycles. The Hall–Kier alpha value is -3.71. The zero-order chi connectivity index (χ0) is 20.4. The van der Waals surface area contributed by atoms with Gasteiger partial charge in [0.1, 0.15) is 5.75 Å². The number of rotatable bonds is 5. The molecule has 0 saturated carbocycles. The number of H-pyrrole nitrogens is 1. The van der Waals surface area contributed by atoms with Crippen LogP contribution in [0.1, 0.15) is 27.7 Å². The molecule has 0 fully saturated rings. The van der Waals surface area contributed by atoms with E-state index < -0.39 is 0 Å². The van der Waals surface area contributed by atoms with Crippen molar-refractivity contribution in [2.75, 3.05) is 6.54 Å². The SMILES string of the molecule is Cc1[nH]nc2nc(-c3ccc(O)cc3)cc(C(=O)NC(CN)c3ccccc3)c12. The molecule has 0 bridgehead atoms. The lowest BCUT2D eigenvalue weighted by molar-refractivity contribution is 0.0939. The molecule has 146 valence electrons. The predicted molar refractivity (Wildman–Crippen MR) is 111 cm³/mol. The van der Waals surface area contributed by atoms with E-state index in [0.717, 1.165) is 16.8 Å². The molecule has 0 aliphatic heterocycles. The minimum Gasteiger partial charge on any atom is -0.508 e. The molecule has 1 unspecified atom stereocenters. The Morgan fingerprint density at radius 2 is 1.90 bits per heavy atom. The summed E-state index contributed by atoms with van der Waals surface area (Å²) in [6.07, 6.45) is 0. The maximum absolute atomic E-state index is 13.2. The Balaban J connectivity index is 1.76. The zero-order valence-corrected chi connectivity index (χ0v) is 15.9. The van der Waals surface area contributed by atoms with Crippen molar-refractivity contribution in [3.05, 3.63) is 77.5 Å². The zero-order valence-electron chi connectivity index (χ0n) is 15.9. The topological polar surface area (TPSA) is 117 Å². The molecule has 29 heavy (non-hydrogen) atoms. The van der Waals surface area contributed by atoms with Gasteiger partial charge in [-0.3, -0.25) is 9.89 Å². The second-order valence-corrected chi connectivity index (χ2v) is 6.82. The summed E-state index contributed by atoms with van der Waals surface area (Å²) in [7, 11) is 0. The summed E-state index contributed by atoms with van der Waals surface area (Å²) in [5.41, 5.74) is 9.93. The van der Waals surface area contributed by atoms with Gasteiger partial charge in [-0.25, -0.2) is 4.98 Å². The van der Waals surface area contributed by atoms with Gasteiger partial charge in [-0.15, -0.1) is 0 Å². The number of hydrogen-bond acceptors (Lipinski definition) is 5. The van der Waals surface area contributed by atoms with Gasteiger partial charge >= 0.3 is 0 Å². The van der Waals surface area contributed by atoms with Crippen molar-refractivity contribution in [2.24, 2.45) is 5.73 Å². The number of aromatic nitrogens is 3. The summed E-state index contributed by atoms with van der Waals surface area (Å²) in [6.45, 7) is 2.13. The molecular formula is C22H21N5O2. The molecule has 0 aliphatic rings. The van der Waals surface area contributed by atoms with Crippen LogP contribution in [-0.2, 0) is 0 Å². The number of nitrogens with two attached hydrogens (primary N) is 1. The normalized spacial score (nSPS) is 12.1. The summed E-state index contributed by atoms with van der Waals surface area (Å²) < 4.78 is 0. The summed E-state index contributed by atoms with van der Waals surface area (Å²) in [4.78, 5) is 17.8. The fraction of sp³-hybridized carbons (Fsp3) is 0.136. The number of nitrogens with one attached hydrogen (secondary N) is 2. The van der Waals surface area contributed by atoms with Gasteiger partial charge in [0.05, 0.1) is 22.7 Å². The number of pyridine rings is 1. The van der Waals surface area contributed by atoms with Crippen molar-refractivity contribution in [2.45, 2.75) is 13.0 Å². The quantitative estimate of drug-likeness (QED) is 0.420. The third-order valence-corrected chi connectivity index (χ3v) is 4.86. The molecule has 1 amide bonds. The van der Waals surface area contributed by atoms with Crippen LogP contribution in [0.4, 0.5) is 0 Å². The second-order valence-electron chi connectivity index (χ2n) is 6.82. The summed E-state index contributed by atoms with van der Waals surface area (Å²) in [5, 5.41) is 20.4. The molecule has 4 rings (SSSR count). The largest absolute Gasteiger partial charge is 0.508 e. The van der Waals surface area contributed by atoms with E-state index in [0.29, 0.717) is 22.3 Å². The number of benzene rings is 2. The molecule has 7 nitrogen and oxygen atoms in total. The standard InChI is InChI=1S/C22H21N5O2/c1-13-20-17(22(29)25-19(12-23)14-5-3-2-4-6-14)11-18(24-21(20)27-26-13)15-7-9-16(28)10-8-15/h2-11,19,28H,12,23H2,1H3,(H,25,29)(H,24,26,27). The minimum atomic E-state index is -0.309. The molecule has 2 heterocycles. The number of aromatic amines is 1. The van der Waals surface area contributed by atoms with Crippen molar-refractivity contribution in [3.63, 3.8) is 0 Å².